The van der Waals surface area contributed by atoms with E-state index >= 15 is 0 Å². The van der Waals surface area contributed by atoms with Gasteiger partial charge in [0, 0.05) is 24.0 Å². The molecule has 0 unspecified atom stereocenters. The summed E-state index contributed by atoms with van der Waals surface area (Å²) in [5.74, 6) is -0.640. The largest absolute Gasteiger partial charge is 0.378 e. The lowest BCUT2D eigenvalue weighted by Crippen LogP contribution is -2.42. The van der Waals surface area contributed by atoms with Gasteiger partial charge in [-0.2, -0.15) is 0 Å². The Morgan fingerprint density at radius 1 is 1.15 bits per heavy atom. The number of amides is 2. The van der Waals surface area contributed by atoms with E-state index in [1.165, 1.54) is 11.3 Å². The summed E-state index contributed by atoms with van der Waals surface area (Å²) in [6.45, 7) is 6.86. The summed E-state index contributed by atoms with van der Waals surface area (Å²) in [5, 5.41) is 2.77. The molecular weight excluding hydrogens is 352 g/mol. The molecule has 0 bridgehead atoms. The van der Waals surface area contributed by atoms with E-state index in [-0.39, 0.29) is 18.2 Å². The quantitative estimate of drug-likeness (QED) is 0.795. The highest BCUT2D eigenvalue weighted by Crippen LogP contribution is 2.21. The minimum Gasteiger partial charge on any atom is -0.378 e. The highest BCUT2D eigenvalue weighted by atomic mass is 32.1. The zero-order chi connectivity index (χ0) is 18.5. The van der Waals surface area contributed by atoms with Gasteiger partial charge in [0.2, 0.25) is 5.91 Å². The van der Waals surface area contributed by atoms with Crippen LogP contribution in [0, 0.1) is 13.8 Å². The smallest absolute Gasteiger partial charge is 0.269 e. The molecule has 7 nitrogen and oxygen atoms in total. The predicted molar refractivity (Wildman–Crippen MR) is 100 cm³/mol. The van der Waals surface area contributed by atoms with E-state index in [4.69, 9.17) is 4.74 Å². The van der Waals surface area contributed by atoms with Gasteiger partial charge in [-0.3, -0.25) is 20.4 Å². The van der Waals surface area contributed by atoms with Crippen molar-refractivity contribution in [1.82, 2.24) is 15.8 Å². The number of hydrogen-bond acceptors (Lipinski definition) is 6. The van der Waals surface area contributed by atoms with Crippen LogP contribution in [-0.4, -0.2) is 43.1 Å². The molecule has 0 atom stereocenters. The van der Waals surface area contributed by atoms with Crippen molar-refractivity contribution in [1.29, 1.82) is 0 Å². The number of ether oxygens (including phenoxy) is 1. The maximum atomic E-state index is 12.2. The van der Waals surface area contributed by atoms with Gasteiger partial charge < -0.3 is 9.64 Å². The topological polar surface area (TPSA) is 83.6 Å². The standard InChI is InChI=1S/C18H22N4O3S/c1-12-7-13(2)9-14(8-12)17(24)21-20-16(23)10-15-11-26-18(19-15)22-3-5-25-6-4-22/h7-9,11H,3-6,10H2,1-2H3,(H,20,23)(H,21,24). The maximum absolute atomic E-state index is 12.2. The Morgan fingerprint density at radius 2 is 1.85 bits per heavy atom. The molecule has 1 fully saturated rings. The van der Waals surface area contributed by atoms with Crippen molar-refractivity contribution >= 4 is 28.3 Å². The summed E-state index contributed by atoms with van der Waals surface area (Å²) in [6, 6.07) is 5.55. The first-order valence-corrected chi connectivity index (χ1v) is 9.34. The summed E-state index contributed by atoms with van der Waals surface area (Å²) in [5.41, 5.74) is 8.11. The summed E-state index contributed by atoms with van der Waals surface area (Å²) in [4.78, 5) is 30.9. The Labute approximate surface area is 156 Å². The highest BCUT2D eigenvalue weighted by Gasteiger charge is 2.16. The average Bonchev–Trinajstić information content (AvgIpc) is 3.08. The van der Waals surface area contributed by atoms with E-state index in [0.717, 1.165) is 29.3 Å². The number of carbonyl (C=O) groups excluding carboxylic acids is 2. The Balaban J connectivity index is 1.51. The second-order valence-electron chi connectivity index (χ2n) is 6.28. The lowest BCUT2D eigenvalue weighted by molar-refractivity contribution is -0.121. The van der Waals surface area contributed by atoms with Gasteiger partial charge in [0.15, 0.2) is 5.13 Å². The number of nitrogens with zero attached hydrogens (tertiary/aromatic N) is 2. The first-order valence-electron chi connectivity index (χ1n) is 8.46. The van der Waals surface area contributed by atoms with E-state index in [9.17, 15) is 9.59 Å². The zero-order valence-corrected chi connectivity index (χ0v) is 15.7. The number of benzene rings is 1. The van der Waals surface area contributed by atoms with Crippen molar-refractivity contribution in [3.63, 3.8) is 0 Å². The zero-order valence-electron chi connectivity index (χ0n) is 14.9. The second kappa shape index (κ2) is 8.29. The van der Waals surface area contributed by atoms with Crippen LogP contribution in [-0.2, 0) is 16.0 Å². The van der Waals surface area contributed by atoms with E-state index in [1.54, 1.807) is 12.1 Å². The lowest BCUT2D eigenvalue weighted by Gasteiger charge is -2.26. The number of hydrogen-bond donors (Lipinski definition) is 2. The van der Waals surface area contributed by atoms with Gasteiger partial charge in [-0.05, 0) is 26.0 Å². The highest BCUT2D eigenvalue weighted by molar-refractivity contribution is 7.13. The van der Waals surface area contributed by atoms with Crippen molar-refractivity contribution in [2.75, 3.05) is 31.2 Å². The van der Waals surface area contributed by atoms with E-state index < -0.39 is 0 Å². The van der Waals surface area contributed by atoms with E-state index in [0.29, 0.717) is 24.5 Å². The van der Waals surface area contributed by atoms with E-state index in [1.807, 2.05) is 25.3 Å². The molecule has 0 aliphatic carbocycles. The number of morpholine rings is 1. The average molecular weight is 374 g/mol. The minimum absolute atomic E-state index is 0.119. The molecule has 1 aliphatic heterocycles. The van der Waals surface area contributed by atoms with Crippen LogP contribution < -0.4 is 15.8 Å². The minimum atomic E-state index is -0.336. The Morgan fingerprint density at radius 3 is 2.54 bits per heavy atom. The molecule has 1 saturated heterocycles. The van der Waals surface area contributed by atoms with Gasteiger partial charge in [-0.25, -0.2) is 4.98 Å². The molecule has 1 aliphatic rings. The van der Waals surface area contributed by atoms with Gasteiger partial charge in [-0.1, -0.05) is 17.2 Å². The third kappa shape index (κ3) is 4.80. The molecule has 3 rings (SSSR count). The fourth-order valence-electron chi connectivity index (χ4n) is 2.79. The number of anilines is 1. The molecule has 1 aromatic carbocycles. The van der Waals surface area contributed by atoms with Crippen LogP contribution in [0.2, 0.25) is 0 Å². The van der Waals surface area contributed by atoms with Gasteiger partial charge in [0.05, 0.1) is 25.3 Å². The molecule has 1 aromatic heterocycles. The van der Waals surface area contributed by atoms with Crippen LogP contribution in [0.15, 0.2) is 23.6 Å². The SMILES string of the molecule is Cc1cc(C)cc(C(=O)NNC(=O)Cc2csc(N3CCOCC3)n2)c1. The first kappa shape index (κ1) is 18.3. The third-order valence-electron chi connectivity index (χ3n) is 3.96. The lowest BCUT2D eigenvalue weighted by atomic mass is 10.1. The monoisotopic (exact) mass is 374 g/mol. The van der Waals surface area contributed by atoms with Crippen LogP contribution in [0.4, 0.5) is 5.13 Å². The molecule has 8 heteroatoms. The second-order valence-corrected chi connectivity index (χ2v) is 7.11. The number of thiazole rings is 1. The third-order valence-corrected chi connectivity index (χ3v) is 4.91. The van der Waals surface area contributed by atoms with Crippen molar-refractivity contribution < 1.29 is 14.3 Å². The van der Waals surface area contributed by atoms with Crippen LogP contribution >= 0.6 is 11.3 Å². The van der Waals surface area contributed by atoms with Gasteiger partial charge >= 0.3 is 0 Å². The molecule has 0 radical (unpaired) electrons. The number of aromatic nitrogens is 1. The Hall–Kier alpha value is -2.45. The fourth-order valence-corrected chi connectivity index (χ4v) is 3.67. The summed E-state index contributed by atoms with van der Waals surface area (Å²) >= 11 is 1.51. The van der Waals surface area contributed by atoms with Crippen LogP contribution in [0.5, 0.6) is 0 Å². The van der Waals surface area contributed by atoms with Crippen molar-refractivity contribution in [3.8, 4) is 0 Å². The van der Waals surface area contributed by atoms with Gasteiger partial charge in [0.1, 0.15) is 0 Å². The Kier molecular flexibility index (Phi) is 5.85. The molecule has 138 valence electrons. The predicted octanol–water partition coefficient (Wildman–Crippen LogP) is 1.60. The fraction of sp³-hybridized carbons (Fsp3) is 0.389. The molecule has 26 heavy (non-hydrogen) atoms. The molecule has 2 aromatic rings. The normalized spacial score (nSPS) is 14.2. The number of carbonyl (C=O) groups is 2. The van der Waals surface area contributed by atoms with Gasteiger partial charge in [-0.15, -0.1) is 11.3 Å². The molecule has 2 amide bonds. The molecule has 0 saturated carbocycles. The maximum Gasteiger partial charge on any atom is 0.269 e. The van der Waals surface area contributed by atoms with E-state index in [2.05, 4.69) is 20.7 Å². The summed E-state index contributed by atoms with van der Waals surface area (Å²) in [7, 11) is 0. The Bertz CT molecular complexity index is 779. The number of rotatable bonds is 4. The number of aryl methyl sites for hydroxylation is 2. The number of nitrogens with one attached hydrogen (secondary N) is 2. The van der Waals surface area contributed by atoms with Crippen LogP contribution in [0.1, 0.15) is 27.2 Å². The number of hydrazine groups is 1. The van der Waals surface area contributed by atoms with Crippen LogP contribution in [0.3, 0.4) is 0 Å². The summed E-state index contributed by atoms with van der Waals surface area (Å²) in [6.07, 6.45) is 0.119. The van der Waals surface area contributed by atoms with Crippen LogP contribution in [0.25, 0.3) is 0 Å². The van der Waals surface area contributed by atoms with Crippen molar-refractivity contribution in [2.45, 2.75) is 20.3 Å². The molecule has 0 spiro atoms. The summed E-state index contributed by atoms with van der Waals surface area (Å²) < 4.78 is 5.33. The molecule has 2 N–H and O–H groups in total. The first-order chi connectivity index (χ1) is 12.5. The molecular formula is C18H22N4O3S. The van der Waals surface area contributed by atoms with Crippen molar-refractivity contribution in [2.24, 2.45) is 0 Å². The van der Waals surface area contributed by atoms with Crippen molar-refractivity contribution in [3.05, 3.63) is 46.0 Å². The van der Waals surface area contributed by atoms with Gasteiger partial charge in [0.25, 0.3) is 5.91 Å². The molecule has 2 heterocycles.